The van der Waals surface area contributed by atoms with E-state index in [2.05, 4.69) is 5.32 Å². The first kappa shape index (κ1) is 32.8. The lowest BCUT2D eigenvalue weighted by molar-refractivity contribution is -0.132. The third kappa shape index (κ3) is 7.05. The maximum Gasteiger partial charge on any atom is 0.252 e. The Morgan fingerprint density at radius 3 is 2.48 bits per heavy atom. The van der Waals surface area contributed by atoms with Crippen LogP contribution in [0.15, 0.2) is 60.2 Å². The molecule has 46 heavy (non-hydrogen) atoms. The molecular formula is C35H34Cl3F2N3O3. The van der Waals surface area contributed by atoms with Crippen LogP contribution in [0.5, 0.6) is 5.75 Å². The molecule has 2 heterocycles. The first-order valence-electron chi connectivity index (χ1n) is 15.4. The summed E-state index contributed by atoms with van der Waals surface area (Å²) in [6, 6.07) is 15.6. The lowest BCUT2D eigenvalue weighted by atomic mass is 9.82. The minimum Gasteiger partial charge on any atom is -0.488 e. The van der Waals surface area contributed by atoms with Crippen molar-refractivity contribution >= 4 is 52.2 Å². The molecule has 6 rings (SSSR count). The van der Waals surface area contributed by atoms with E-state index in [1.807, 2.05) is 46.2 Å². The van der Waals surface area contributed by atoms with Crippen LogP contribution in [0, 0.1) is 11.6 Å². The molecule has 1 saturated heterocycles. The Balaban J connectivity index is 1.24. The molecule has 1 aliphatic carbocycles. The maximum atomic E-state index is 14.5. The molecule has 2 fully saturated rings. The molecule has 2 bridgehead atoms. The predicted octanol–water partition coefficient (Wildman–Crippen LogP) is 7.47. The highest BCUT2D eigenvalue weighted by atomic mass is 35.5. The SMILES string of the molecule is CC(=O)N1C[C@H]2CC(c3ccc(CCCOc4c(F)ccc(Cl)c4F)cc3)=C(C(=O)N(Cc3cccc(Cl)c3Cl)C3CC3)[C@@H](C1)N2. The Morgan fingerprint density at radius 2 is 1.76 bits per heavy atom. The van der Waals surface area contributed by atoms with Crippen molar-refractivity contribution in [3.05, 3.63) is 104 Å². The molecule has 2 aliphatic heterocycles. The summed E-state index contributed by atoms with van der Waals surface area (Å²) in [5.41, 5.74) is 4.43. The summed E-state index contributed by atoms with van der Waals surface area (Å²) in [7, 11) is 0. The van der Waals surface area contributed by atoms with E-state index in [9.17, 15) is 18.4 Å². The van der Waals surface area contributed by atoms with E-state index >= 15 is 0 Å². The van der Waals surface area contributed by atoms with E-state index in [-0.39, 0.29) is 41.6 Å². The number of piperazine rings is 1. The monoisotopic (exact) mass is 687 g/mol. The Bertz CT molecular complexity index is 1680. The standard InChI is InChI=1S/C35H34Cl3F2N3O3/c1-20(44)42-18-24-16-26(22-9-7-21(8-10-22)4-3-15-46-34-29(39)14-13-28(37)33(34)40)31(30(19-42)41-24)35(45)43(25-11-12-25)17-23-5-2-6-27(36)32(23)38/h2,5-10,13-14,24-25,30,41H,3-4,11-12,15-19H2,1H3/t24-,30-/m1/s1. The number of hydrogen-bond donors (Lipinski definition) is 1. The number of carbonyl (C=O) groups is 2. The minimum atomic E-state index is -0.904. The number of hydrogen-bond acceptors (Lipinski definition) is 4. The Morgan fingerprint density at radius 1 is 1.00 bits per heavy atom. The number of halogens is 5. The number of nitrogens with zero attached hydrogens (tertiary/aromatic N) is 2. The number of fused-ring (bicyclic) bond motifs is 2. The van der Waals surface area contributed by atoms with Crippen molar-refractivity contribution in [2.75, 3.05) is 19.7 Å². The molecule has 2 amide bonds. The fraction of sp³-hybridized carbons (Fsp3) is 0.371. The quantitative estimate of drug-likeness (QED) is 0.177. The molecule has 0 radical (unpaired) electrons. The van der Waals surface area contributed by atoms with Crippen molar-refractivity contribution in [2.24, 2.45) is 0 Å². The zero-order valence-corrected chi connectivity index (χ0v) is 27.6. The molecule has 3 aromatic rings. The van der Waals surface area contributed by atoms with Gasteiger partial charge in [0.25, 0.3) is 5.91 Å². The van der Waals surface area contributed by atoms with Gasteiger partial charge in [0.2, 0.25) is 5.91 Å². The van der Waals surface area contributed by atoms with Gasteiger partial charge >= 0.3 is 0 Å². The van der Waals surface area contributed by atoms with Crippen molar-refractivity contribution < 1.29 is 23.1 Å². The van der Waals surface area contributed by atoms with Gasteiger partial charge in [-0.2, -0.15) is 0 Å². The van der Waals surface area contributed by atoms with Gasteiger partial charge in [0.15, 0.2) is 17.4 Å². The van der Waals surface area contributed by atoms with E-state index in [0.717, 1.165) is 47.2 Å². The molecule has 3 aromatic carbocycles. The van der Waals surface area contributed by atoms with Crippen LogP contribution < -0.4 is 10.1 Å². The highest BCUT2D eigenvalue weighted by molar-refractivity contribution is 6.42. The number of benzene rings is 3. The van der Waals surface area contributed by atoms with Crippen LogP contribution >= 0.6 is 34.8 Å². The molecule has 242 valence electrons. The number of nitrogens with one attached hydrogen (secondary N) is 1. The molecule has 11 heteroatoms. The van der Waals surface area contributed by atoms with E-state index in [1.54, 1.807) is 13.0 Å². The van der Waals surface area contributed by atoms with Gasteiger partial charge in [0.05, 0.1) is 27.7 Å². The van der Waals surface area contributed by atoms with Gasteiger partial charge in [-0.1, -0.05) is 71.2 Å². The van der Waals surface area contributed by atoms with Crippen molar-refractivity contribution in [2.45, 2.75) is 63.7 Å². The van der Waals surface area contributed by atoms with Crippen molar-refractivity contribution in [1.82, 2.24) is 15.1 Å². The predicted molar refractivity (Wildman–Crippen MR) is 176 cm³/mol. The smallest absolute Gasteiger partial charge is 0.252 e. The van der Waals surface area contributed by atoms with E-state index in [1.165, 1.54) is 0 Å². The van der Waals surface area contributed by atoms with E-state index in [0.29, 0.717) is 54.5 Å². The Labute approximate surface area is 282 Å². The lowest BCUT2D eigenvalue weighted by Crippen LogP contribution is -2.61. The fourth-order valence-corrected chi connectivity index (χ4v) is 6.88. The van der Waals surface area contributed by atoms with Gasteiger partial charge in [-0.25, -0.2) is 8.78 Å². The maximum absolute atomic E-state index is 14.5. The van der Waals surface area contributed by atoms with Crippen molar-refractivity contribution in [1.29, 1.82) is 0 Å². The second kappa shape index (κ2) is 13.9. The van der Waals surface area contributed by atoms with Crippen LogP contribution in [0.3, 0.4) is 0 Å². The van der Waals surface area contributed by atoms with Crippen molar-refractivity contribution in [3.63, 3.8) is 0 Å². The first-order valence-corrected chi connectivity index (χ1v) is 16.6. The van der Waals surface area contributed by atoms with Gasteiger partial charge < -0.3 is 19.9 Å². The molecular weight excluding hydrogens is 655 g/mol. The number of aryl methyl sites for hydroxylation is 1. The molecule has 0 aromatic heterocycles. The topological polar surface area (TPSA) is 61.9 Å². The average Bonchev–Trinajstić information content (AvgIpc) is 3.88. The molecule has 2 atom stereocenters. The van der Waals surface area contributed by atoms with Gasteiger partial charge in [-0.05, 0) is 72.6 Å². The molecule has 1 saturated carbocycles. The summed E-state index contributed by atoms with van der Waals surface area (Å²) in [5.74, 6) is -2.23. The Hall–Kier alpha value is -3.17. The van der Waals surface area contributed by atoms with Crippen LogP contribution in [0.2, 0.25) is 15.1 Å². The second-order valence-electron chi connectivity index (χ2n) is 12.1. The zero-order chi connectivity index (χ0) is 32.5. The molecule has 6 nitrogen and oxygen atoms in total. The molecule has 3 aliphatic rings. The summed E-state index contributed by atoms with van der Waals surface area (Å²) < 4.78 is 33.5. The van der Waals surface area contributed by atoms with Crippen LogP contribution in [0.25, 0.3) is 5.57 Å². The Kier molecular flexibility index (Phi) is 9.90. The number of carbonyl (C=O) groups excluding carboxylic acids is 2. The summed E-state index contributed by atoms with van der Waals surface area (Å²) in [6.45, 7) is 3.02. The fourth-order valence-electron chi connectivity index (χ4n) is 6.35. The van der Waals surface area contributed by atoms with Gasteiger partial charge in [0, 0.05) is 44.2 Å². The van der Waals surface area contributed by atoms with Gasteiger partial charge in [0.1, 0.15) is 0 Å². The second-order valence-corrected chi connectivity index (χ2v) is 13.3. The molecule has 0 spiro atoms. The summed E-state index contributed by atoms with van der Waals surface area (Å²) in [5, 5.41) is 4.32. The highest BCUT2D eigenvalue weighted by Crippen LogP contribution is 2.38. The first-order chi connectivity index (χ1) is 22.1. The van der Waals surface area contributed by atoms with Crippen molar-refractivity contribution in [3.8, 4) is 5.75 Å². The number of rotatable bonds is 10. The minimum absolute atomic E-state index is 0.00863. The summed E-state index contributed by atoms with van der Waals surface area (Å²) >= 11 is 18.6. The molecule has 1 N–H and O–H groups in total. The van der Waals surface area contributed by atoms with Crippen LogP contribution in [-0.2, 0) is 22.6 Å². The molecule has 0 unspecified atom stereocenters. The van der Waals surface area contributed by atoms with Crippen LogP contribution in [0.4, 0.5) is 8.78 Å². The summed E-state index contributed by atoms with van der Waals surface area (Å²) in [4.78, 5) is 30.7. The van der Waals surface area contributed by atoms with E-state index < -0.39 is 17.4 Å². The largest absolute Gasteiger partial charge is 0.488 e. The number of amides is 2. The zero-order valence-electron chi connectivity index (χ0n) is 25.3. The lowest BCUT2D eigenvalue weighted by Gasteiger charge is -2.44. The average molecular weight is 689 g/mol. The normalized spacial score (nSPS) is 19.3. The van der Waals surface area contributed by atoms with Crippen LogP contribution in [-0.4, -0.2) is 59.4 Å². The van der Waals surface area contributed by atoms with E-state index in [4.69, 9.17) is 39.5 Å². The van der Waals surface area contributed by atoms with Gasteiger partial charge in [-0.15, -0.1) is 0 Å². The number of ether oxygens (including phenoxy) is 1. The van der Waals surface area contributed by atoms with Gasteiger partial charge in [-0.3, -0.25) is 9.59 Å². The third-order valence-corrected chi connectivity index (χ3v) is 10.0. The summed E-state index contributed by atoms with van der Waals surface area (Å²) in [6.07, 6.45) is 3.60. The third-order valence-electron chi connectivity index (χ3n) is 8.86. The van der Waals surface area contributed by atoms with Crippen LogP contribution in [0.1, 0.15) is 49.3 Å². The highest BCUT2D eigenvalue weighted by Gasteiger charge is 2.43.